The first-order valence-corrected chi connectivity index (χ1v) is 9.30. The summed E-state index contributed by atoms with van der Waals surface area (Å²) in [7, 11) is 0. The van der Waals surface area contributed by atoms with Gasteiger partial charge >= 0.3 is 0 Å². The molecule has 5 nitrogen and oxygen atoms in total. The van der Waals surface area contributed by atoms with Gasteiger partial charge in [0.2, 0.25) is 0 Å². The molecule has 1 aromatic heterocycles. The lowest BCUT2D eigenvalue weighted by atomic mass is 9.92. The lowest BCUT2D eigenvalue weighted by Gasteiger charge is -2.13. The van der Waals surface area contributed by atoms with Crippen molar-refractivity contribution < 1.29 is 4.79 Å². The summed E-state index contributed by atoms with van der Waals surface area (Å²) in [6.45, 7) is 0. The highest BCUT2D eigenvalue weighted by atomic mass is 35.5. The average molecular weight is 399 g/mol. The summed E-state index contributed by atoms with van der Waals surface area (Å²) in [4.78, 5) is 21.2. The third-order valence-electron chi connectivity index (χ3n) is 4.51. The molecule has 0 spiro atoms. The number of nitrogens with zero attached hydrogens (tertiary/aromatic N) is 3. The molecule has 4 aromatic rings. The molecule has 0 aliphatic heterocycles. The molecule has 1 heterocycles. The number of rotatable bonds is 4. The highest BCUT2D eigenvalue weighted by Crippen LogP contribution is 2.31. The minimum atomic E-state index is -0.486. The number of nitrogens with one attached hydrogen (secondary N) is 1. The van der Waals surface area contributed by atoms with Crippen LogP contribution in [-0.4, -0.2) is 15.9 Å². The summed E-state index contributed by atoms with van der Waals surface area (Å²) in [6.07, 6.45) is 1.44. The second-order valence-electron chi connectivity index (χ2n) is 6.41. The fourth-order valence-electron chi connectivity index (χ4n) is 3.07. The number of nitriles is 1. The smallest absolute Gasteiger partial charge is 0.275 e. The van der Waals surface area contributed by atoms with Crippen LogP contribution < -0.4 is 5.32 Å². The van der Waals surface area contributed by atoms with Crippen LogP contribution in [0.5, 0.6) is 0 Å². The lowest BCUT2D eigenvalue weighted by molar-refractivity contribution is 0.102. The number of carbonyl (C=O) groups is 1. The van der Waals surface area contributed by atoms with Crippen molar-refractivity contribution in [3.8, 4) is 6.07 Å². The molecule has 0 aliphatic carbocycles. The molecule has 140 valence electrons. The molecule has 0 fully saturated rings. The van der Waals surface area contributed by atoms with Crippen molar-refractivity contribution in [3.63, 3.8) is 0 Å². The molecule has 0 saturated heterocycles. The van der Waals surface area contributed by atoms with Crippen LogP contribution in [0.25, 0.3) is 11.0 Å². The third-order valence-corrected chi connectivity index (χ3v) is 4.84. The quantitative estimate of drug-likeness (QED) is 0.513. The number of amides is 1. The van der Waals surface area contributed by atoms with Crippen molar-refractivity contribution in [2.45, 2.75) is 5.92 Å². The number of anilines is 1. The van der Waals surface area contributed by atoms with E-state index in [2.05, 4.69) is 21.4 Å². The van der Waals surface area contributed by atoms with Gasteiger partial charge in [-0.05, 0) is 35.4 Å². The molecule has 6 heteroatoms. The molecule has 3 aromatic carbocycles. The number of hydrogen-bond acceptors (Lipinski definition) is 4. The van der Waals surface area contributed by atoms with E-state index in [9.17, 15) is 10.1 Å². The van der Waals surface area contributed by atoms with Gasteiger partial charge in [0.1, 0.15) is 5.69 Å². The number of benzene rings is 3. The zero-order valence-corrected chi connectivity index (χ0v) is 16.0. The Bertz CT molecular complexity index is 1230. The van der Waals surface area contributed by atoms with E-state index in [4.69, 9.17) is 11.6 Å². The fourth-order valence-corrected chi connectivity index (χ4v) is 3.36. The van der Waals surface area contributed by atoms with Crippen molar-refractivity contribution in [1.82, 2.24) is 9.97 Å². The molecule has 1 amide bonds. The SMILES string of the molecule is N#CC(c1ccccc1)c1ccc(NC(=O)c2cnc3ccccc3n2)cc1Cl. The molecule has 1 atom stereocenters. The Hall–Kier alpha value is -3.75. The average Bonchev–Trinajstić information content (AvgIpc) is 2.76. The molecular formula is C23H15ClN4O. The number of para-hydroxylation sites is 2. The lowest BCUT2D eigenvalue weighted by Crippen LogP contribution is -2.14. The number of hydrogen-bond donors (Lipinski definition) is 1. The van der Waals surface area contributed by atoms with Crippen LogP contribution >= 0.6 is 11.6 Å². The van der Waals surface area contributed by atoms with Gasteiger partial charge in [-0.1, -0.05) is 60.1 Å². The zero-order valence-electron chi connectivity index (χ0n) is 15.2. The maximum absolute atomic E-state index is 12.6. The monoisotopic (exact) mass is 398 g/mol. The predicted molar refractivity (Wildman–Crippen MR) is 113 cm³/mol. The van der Waals surface area contributed by atoms with Gasteiger partial charge in [0.05, 0.1) is 29.2 Å². The first-order valence-electron chi connectivity index (χ1n) is 8.93. The van der Waals surface area contributed by atoms with Crippen LogP contribution in [0.15, 0.2) is 79.0 Å². The summed E-state index contributed by atoms with van der Waals surface area (Å²) < 4.78 is 0. The molecule has 0 aliphatic rings. The molecule has 0 radical (unpaired) electrons. The normalized spacial score (nSPS) is 11.6. The second-order valence-corrected chi connectivity index (χ2v) is 6.81. The maximum atomic E-state index is 12.6. The summed E-state index contributed by atoms with van der Waals surface area (Å²) in [5.74, 6) is -0.869. The largest absolute Gasteiger partial charge is 0.321 e. The molecule has 1 unspecified atom stereocenters. The Kier molecular flexibility index (Phi) is 5.19. The van der Waals surface area contributed by atoms with Gasteiger partial charge < -0.3 is 5.32 Å². The summed E-state index contributed by atoms with van der Waals surface area (Å²) >= 11 is 6.43. The maximum Gasteiger partial charge on any atom is 0.275 e. The van der Waals surface area contributed by atoms with E-state index in [0.29, 0.717) is 21.8 Å². The molecule has 4 rings (SSSR count). The second kappa shape index (κ2) is 8.09. The summed E-state index contributed by atoms with van der Waals surface area (Å²) in [5, 5.41) is 12.8. The minimum absolute atomic E-state index is 0.211. The van der Waals surface area contributed by atoms with E-state index in [1.54, 1.807) is 24.3 Å². The van der Waals surface area contributed by atoms with E-state index in [0.717, 1.165) is 11.1 Å². The first-order chi connectivity index (χ1) is 14.2. The third kappa shape index (κ3) is 3.93. The number of fused-ring (bicyclic) bond motifs is 1. The van der Waals surface area contributed by atoms with Crippen LogP contribution in [0, 0.1) is 11.3 Å². The Morgan fingerprint density at radius 1 is 1.00 bits per heavy atom. The first kappa shape index (κ1) is 18.6. The van der Waals surface area contributed by atoms with Crippen LogP contribution in [0.4, 0.5) is 5.69 Å². The van der Waals surface area contributed by atoms with Crippen molar-refractivity contribution in [2.24, 2.45) is 0 Å². The molecule has 0 bridgehead atoms. The van der Waals surface area contributed by atoms with Crippen molar-refractivity contribution in [1.29, 1.82) is 5.26 Å². The Labute approximate surface area is 172 Å². The molecule has 0 saturated carbocycles. The van der Waals surface area contributed by atoms with Crippen molar-refractivity contribution in [3.05, 3.63) is 101 Å². The van der Waals surface area contributed by atoms with Crippen LogP contribution in [0.2, 0.25) is 5.02 Å². The van der Waals surface area contributed by atoms with Crippen LogP contribution in [0.3, 0.4) is 0 Å². The highest BCUT2D eigenvalue weighted by molar-refractivity contribution is 6.32. The highest BCUT2D eigenvalue weighted by Gasteiger charge is 2.17. The van der Waals surface area contributed by atoms with E-state index in [1.165, 1.54) is 6.20 Å². The zero-order chi connectivity index (χ0) is 20.2. The summed E-state index contributed by atoms with van der Waals surface area (Å²) in [6, 6.07) is 24.2. The Balaban J connectivity index is 1.57. The van der Waals surface area contributed by atoms with Gasteiger partial charge in [-0.3, -0.25) is 9.78 Å². The Morgan fingerprint density at radius 3 is 2.45 bits per heavy atom. The van der Waals surface area contributed by atoms with Gasteiger partial charge in [-0.15, -0.1) is 0 Å². The predicted octanol–water partition coefficient (Wildman–Crippen LogP) is 5.19. The van der Waals surface area contributed by atoms with E-state index in [-0.39, 0.29) is 11.6 Å². The van der Waals surface area contributed by atoms with E-state index in [1.807, 2.05) is 48.5 Å². The van der Waals surface area contributed by atoms with Gasteiger partial charge in [0.25, 0.3) is 5.91 Å². The molecule has 1 N–H and O–H groups in total. The van der Waals surface area contributed by atoms with Crippen molar-refractivity contribution in [2.75, 3.05) is 5.32 Å². The minimum Gasteiger partial charge on any atom is -0.321 e. The van der Waals surface area contributed by atoms with Gasteiger partial charge in [-0.2, -0.15) is 5.26 Å². The summed E-state index contributed by atoms with van der Waals surface area (Å²) in [5.41, 5.74) is 3.64. The van der Waals surface area contributed by atoms with Crippen molar-refractivity contribution >= 4 is 34.2 Å². The fraction of sp³-hybridized carbons (Fsp3) is 0.0435. The van der Waals surface area contributed by atoms with E-state index < -0.39 is 5.92 Å². The molecule has 29 heavy (non-hydrogen) atoms. The van der Waals surface area contributed by atoms with Gasteiger partial charge in [0.15, 0.2) is 0 Å². The topological polar surface area (TPSA) is 78.7 Å². The molecular weight excluding hydrogens is 384 g/mol. The number of carbonyl (C=O) groups excluding carboxylic acids is 1. The van der Waals surface area contributed by atoms with E-state index >= 15 is 0 Å². The van der Waals surface area contributed by atoms with Crippen LogP contribution in [-0.2, 0) is 0 Å². The van der Waals surface area contributed by atoms with Gasteiger partial charge in [0, 0.05) is 10.7 Å². The number of aromatic nitrogens is 2. The van der Waals surface area contributed by atoms with Crippen LogP contribution in [0.1, 0.15) is 27.5 Å². The Morgan fingerprint density at radius 2 is 1.72 bits per heavy atom. The van der Waals surface area contributed by atoms with Gasteiger partial charge in [-0.25, -0.2) is 4.98 Å². The standard InChI is InChI=1S/C23H15ClN4O/c24-19-12-16(10-11-17(19)18(13-25)15-6-2-1-3-7-15)27-23(29)22-14-26-20-8-4-5-9-21(20)28-22/h1-12,14,18H,(H,27,29). The number of halogens is 1.